The predicted molar refractivity (Wildman–Crippen MR) is 162 cm³/mol. The number of carbonyl (C=O) groups is 2. The minimum atomic E-state index is -3.29. The van der Waals surface area contributed by atoms with Crippen LogP contribution in [0.2, 0.25) is 18.6 Å². The number of aliphatic hydroxyl groups is 1. The molecular formula is C30H35BrFN5O4Si. The van der Waals surface area contributed by atoms with Gasteiger partial charge in [0.05, 0.1) is 24.0 Å². The zero-order chi connectivity index (χ0) is 29.8. The number of fused-ring (bicyclic) bond motifs is 2. The van der Waals surface area contributed by atoms with Gasteiger partial charge in [-0.3, -0.25) is 14.3 Å². The molecule has 42 heavy (non-hydrogen) atoms. The first kappa shape index (κ1) is 29.2. The highest BCUT2D eigenvalue weighted by atomic mass is 79.9. The molecule has 2 fully saturated rings. The molecule has 0 aliphatic carbocycles. The van der Waals surface area contributed by atoms with Gasteiger partial charge in [-0.15, -0.1) is 5.10 Å². The number of hydrogen-bond acceptors (Lipinski definition) is 6. The van der Waals surface area contributed by atoms with Gasteiger partial charge in [-0.05, 0) is 55.4 Å². The van der Waals surface area contributed by atoms with Crippen molar-refractivity contribution < 1.29 is 23.5 Å². The van der Waals surface area contributed by atoms with Crippen LogP contribution in [0.4, 0.5) is 15.5 Å². The SMILES string of the molecule is C[C@@H]1[C@@H]([Si](C)(C)F)[C@H](CCn2cc(CCO)nn2)O[C@@]12C(=O)N(Cc1ccc(N3CCC3=O)cc1)c1ccc(Br)cc12. The lowest BCUT2D eigenvalue weighted by Crippen LogP contribution is -2.45. The second kappa shape index (κ2) is 11.0. The van der Waals surface area contributed by atoms with E-state index < -0.39 is 25.7 Å². The van der Waals surface area contributed by atoms with Crippen LogP contribution >= 0.6 is 15.9 Å². The van der Waals surface area contributed by atoms with E-state index in [-0.39, 0.29) is 24.3 Å². The fraction of sp³-hybridized carbons (Fsp3) is 0.467. The summed E-state index contributed by atoms with van der Waals surface area (Å²) in [5, 5.41) is 17.5. The molecule has 3 aliphatic rings. The van der Waals surface area contributed by atoms with Gasteiger partial charge in [0.25, 0.3) is 5.91 Å². The Hall–Kier alpha value is -2.93. The molecule has 9 nitrogen and oxygen atoms in total. The second-order valence-electron chi connectivity index (χ2n) is 12.0. The molecule has 0 unspecified atom stereocenters. The highest BCUT2D eigenvalue weighted by Gasteiger charge is 2.66. The Morgan fingerprint density at radius 3 is 2.60 bits per heavy atom. The van der Waals surface area contributed by atoms with Gasteiger partial charge >= 0.3 is 0 Å². The lowest BCUT2D eigenvalue weighted by atomic mass is 9.82. The van der Waals surface area contributed by atoms with Gasteiger partial charge in [-0.2, -0.15) is 0 Å². The number of ether oxygens (including phenoxy) is 1. The second-order valence-corrected chi connectivity index (χ2v) is 16.7. The molecule has 0 saturated carbocycles. The summed E-state index contributed by atoms with van der Waals surface area (Å²) in [7, 11) is -3.29. The van der Waals surface area contributed by atoms with E-state index in [0.717, 1.165) is 33.5 Å². The average molecular weight is 657 g/mol. The first-order chi connectivity index (χ1) is 20.0. The van der Waals surface area contributed by atoms with Crippen LogP contribution in [-0.2, 0) is 39.4 Å². The van der Waals surface area contributed by atoms with Crippen LogP contribution in [0.5, 0.6) is 0 Å². The number of β-lactam (4-membered cyclic amide) rings is 1. The van der Waals surface area contributed by atoms with E-state index in [4.69, 9.17) is 4.74 Å². The maximum absolute atomic E-state index is 16.1. The van der Waals surface area contributed by atoms with Crippen molar-refractivity contribution in [2.75, 3.05) is 23.0 Å². The van der Waals surface area contributed by atoms with Gasteiger partial charge in [0.2, 0.25) is 14.3 Å². The third-order valence-electron chi connectivity index (χ3n) is 8.96. The Morgan fingerprint density at radius 2 is 1.95 bits per heavy atom. The van der Waals surface area contributed by atoms with Crippen LogP contribution in [0.3, 0.4) is 0 Å². The number of aryl methyl sites for hydroxylation is 1. The summed E-state index contributed by atoms with van der Waals surface area (Å²) in [6.45, 7) is 6.85. The fourth-order valence-electron chi connectivity index (χ4n) is 6.93. The minimum absolute atomic E-state index is 0.00990. The number of amides is 2. The summed E-state index contributed by atoms with van der Waals surface area (Å²) in [6, 6.07) is 13.5. The van der Waals surface area contributed by atoms with Crippen molar-refractivity contribution in [1.29, 1.82) is 0 Å². The van der Waals surface area contributed by atoms with E-state index in [9.17, 15) is 14.7 Å². The molecule has 0 radical (unpaired) electrons. The van der Waals surface area contributed by atoms with Crippen LogP contribution in [0.1, 0.15) is 36.6 Å². The molecule has 2 aromatic carbocycles. The van der Waals surface area contributed by atoms with Gasteiger partial charge in [-0.25, -0.2) is 0 Å². The van der Waals surface area contributed by atoms with Gasteiger partial charge in [0.1, 0.15) is 0 Å². The largest absolute Gasteiger partial charge is 0.396 e. The molecule has 1 spiro atoms. The van der Waals surface area contributed by atoms with Crippen molar-refractivity contribution in [3.63, 3.8) is 0 Å². The number of nitrogens with zero attached hydrogens (tertiary/aromatic N) is 5. The van der Waals surface area contributed by atoms with E-state index in [0.29, 0.717) is 38.0 Å². The summed E-state index contributed by atoms with van der Waals surface area (Å²) in [5.41, 5.74) is 2.27. The van der Waals surface area contributed by atoms with Crippen LogP contribution in [0.25, 0.3) is 0 Å². The molecule has 12 heteroatoms. The molecule has 2 amide bonds. The van der Waals surface area contributed by atoms with Gasteiger partial charge in [0, 0.05) is 65.9 Å². The van der Waals surface area contributed by atoms with E-state index >= 15 is 4.11 Å². The van der Waals surface area contributed by atoms with Crippen LogP contribution < -0.4 is 9.80 Å². The van der Waals surface area contributed by atoms with Crippen LogP contribution in [0.15, 0.2) is 53.1 Å². The first-order valence-corrected chi connectivity index (χ1v) is 18.2. The van der Waals surface area contributed by atoms with Gasteiger partial charge < -0.3 is 23.8 Å². The Labute approximate surface area is 254 Å². The Balaban J connectivity index is 1.31. The van der Waals surface area contributed by atoms with E-state index in [1.165, 1.54) is 0 Å². The summed E-state index contributed by atoms with van der Waals surface area (Å²) in [6.07, 6.45) is 2.77. The van der Waals surface area contributed by atoms with Crippen LogP contribution in [-0.4, -0.2) is 59.6 Å². The molecule has 2 saturated heterocycles. The monoisotopic (exact) mass is 655 g/mol. The number of anilines is 2. The quantitative estimate of drug-likeness (QED) is 0.203. The lowest BCUT2D eigenvalue weighted by molar-refractivity contribution is -0.146. The molecule has 3 aliphatic heterocycles. The molecule has 1 N–H and O–H groups in total. The Bertz CT molecular complexity index is 1510. The van der Waals surface area contributed by atoms with E-state index in [1.54, 1.807) is 33.8 Å². The molecule has 4 heterocycles. The number of halogens is 2. The van der Waals surface area contributed by atoms with Gasteiger partial charge in [-0.1, -0.05) is 40.2 Å². The van der Waals surface area contributed by atoms with E-state index in [2.05, 4.69) is 26.2 Å². The zero-order valence-electron chi connectivity index (χ0n) is 24.0. The number of aromatic nitrogens is 3. The van der Waals surface area contributed by atoms with Crippen molar-refractivity contribution in [3.05, 3.63) is 70.0 Å². The third-order valence-corrected chi connectivity index (χ3v) is 11.9. The van der Waals surface area contributed by atoms with E-state index in [1.807, 2.05) is 49.4 Å². The number of aliphatic hydroxyl groups excluding tert-OH is 1. The molecule has 6 rings (SSSR count). The number of benzene rings is 2. The van der Waals surface area contributed by atoms with Crippen molar-refractivity contribution >= 4 is 47.5 Å². The maximum Gasteiger partial charge on any atom is 0.264 e. The fourth-order valence-corrected chi connectivity index (χ4v) is 9.84. The number of hydrogen-bond donors (Lipinski definition) is 1. The average Bonchev–Trinajstić information content (AvgIpc) is 3.58. The number of carbonyl (C=O) groups excluding carboxylic acids is 2. The lowest BCUT2D eigenvalue weighted by Gasteiger charge is -2.31. The zero-order valence-corrected chi connectivity index (χ0v) is 26.6. The van der Waals surface area contributed by atoms with Gasteiger partial charge in [0.15, 0.2) is 5.60 Å². The van der Waals surface area contributed by atoms with Crippen molar-refractivity contribution in [3.8, 4) is 0 Å². The third kappa shape index (κ3) is 4.91. The summed E-state index contributed by atoms with van der Waals surface area (Å²) >= 11 is 3.59. The molecule has 0 bridgehead atoms. The standard InChI is InChI=1S/C30H35BrFN5O4Si/c1-19-28(42(2,3)32)26(10-13-35-18-22(12-15-38)33-34-35)41-30(19)24-16-21(31)6-9-25(24)37(29(30)40)17-20-4-7-23(8-5-20)36-14-11-27(36)39/h4-9,16,18-19,26,28,38H,10-15,17H2,1-3H3/t19-,26+,28-,30+/m1/s1. The minimum Gasteiger partial charge on any atom is -0.396 e. The molecule has 4 atom stereocenters. The Kier molecular flexibility index (Phi) is 7.61. The summed E-state index contributed by atoms with van der Waals surface area (Å²) in [4.78, 5) is 29.9. The van der Waals surface area contributed by atoms with Crippen molar-refractivity contribution in [1.82, 2.24) is 15.0 Å². The highest BCUT2D eigenvalue weighted by molar-refractivity contribution is 9.10. The van der Waals surface area contributed by atoms with Crippen LogP contribution in [0, 0.1) is 5.92 Å². The summed E-state index contributed by atoms with van der Waals surface area (Å²) < 4.78 is 25.4. The topological polar surface area (TPSA) is 101 Å². The Morgan fingerprint density at radius 1 is 1.19 bits per heavy atom. The first-order valence-electron chi connectivity index (χ1n) is 14.4. The molecular weight excluding hydrogens is 621 g/mol. The predicted octanol–water partition coefficient (Wildman–Crippen LogP) is 4.72. The van der Waals surface area contributed by atoms with Crippen molar-refractivity contribution in [2.45, 2.75) is 69.6 Å². The maximum atomic E-state index is 16.1. The summed E-state index contributed by atoms with van der Waals surface area (Å²) in [5.74, 6) is -0.453. The smallest absolute Gasteiger partial charge is 0.264 e. The normalized spacial score (nSPS) is 25.4. The van der Waals surface area contributed by atoms with Crippen molar-refractivity contribution in [2.24, 2.45) is 5.92 Å². The molecule has 1 aromatic heterocycles. The highest BCUT2D eigenvalue weighted by Crippen LogP contribution is 2.60. The number of rotatable bonds is 9. The molecule has 3 aromatic rings. The molecule has 222 valence electrons.